The Morgan fingerprint density at radius 2 is 1.76 bits per heavy atom. The molecule has 0 saturated heterocycles. The molecule has 0 aliphatic heterocycles. The van der Waals surface area contributed by atoms with Gasteiger partial charge in [-0.15, -0.1) is 0 Å². The van der Waals surface area contributed by atoms with E-state index in [9.17, 15) is 8.42 Å². The second-order valence-corrected chi connectivity index (χ2v) is 8.45. The van der Waals surface area contributed by atoms with E-state index in [1.54, 1.807) is 24.3 Å². The predicted octanol–water partition coefficient (Wildman–Crippen LogP) is 4.58. The second kappa shape index (κ2) is 10.9. The van der Waals surface area contributed by atoms with Crippen molar-refractivity contribution in [3.63, 3.8) is 0 Å². The fourth-order valence-electron chi connectivity index (χ4n) is 2.63. The average Bonchev–Trinajstić information content (AvgIpc) is 2.68. The molecule has 0 bridgehead atoms. The van der Waals surface area contributed by atoms with Crippen LogP contribution in [-0.4, -0.2) is 27.8 Å². The summed E-state index contributed by atoms with van der Waals surface area (Å²) in [5.74, 6) is 1.29. The van der Waals surface area contributed by atoms with Gasteiger partial charge in [-0.05, 0) is 74.2 Å². The molecule has 2 aromatic carbocycles. The summed E-state index contributed by atoms with van der Waals surface area (Å²) in [6, 6.07) is 10.4. The van der Waals surface area contributed by atoms with Crippen molar-refractivity contribution in [3.8, 4) is 11.5 Å². The van der Waals surface area contributed by atoms with Crippen molar-refractivity contribution in [3.05, 3.63) is 53.1 Å². The van der Waals surface area contributed by atoms with Crippen LogP contribution in [0.2, 0.25) is 0 Å². The van der Waals surface area contributed by atoms with Crippen molar-refractivity contribution in [2.45, 2.75) is 51.9 Å². The molecule has 1 N–H and O–H groups in total. The Morgan fingerprint density at radius 3 is 2.45 bits per heavy atom. The fraction of sp³-hybridized carbons (Fsp3) is 0.409. The van der Waals surface area contributed by atoms with Gasteiger partial charge >= 0.3 is 0 Å². The highest BCUT2D eigenvalue weighted by atomic mass is 32.2. The second-order valence-electron chi connectivity index (χ2n) is 6.79. The predicted molar refractivity (Wildman–Crippen MR) is 116 cm³/mol. The van der Waals surface area contributed by atoms with Crippen molar-refractivity contribution < 1.29 is 17.9 Å². The zero-order valence-electron chi connectivity index (χ0n) is 17.6. The topological polar surface area (TPSA) is 77.0 Å². The molecule has 0 radical (unpaired) electrons. The lowest BCUT2D eigenvalue weighted by Crippen LogP contribution is -2.18. The van der Waals surface area contributed by atoms with E-state index < -0.39 is 10.0 Å². The number of ether oxygens (including phenoxy) is 2. The lowest BCUT2D eigenvalue weighted by Gasteiger charge is -2.12. The number of benzene rings is 2. The Kier molecular flexibility index (Phi) is 8.51. The monoisotopic (exact) mass is 418 g/mol. The van der Waals surface area contributed by atoms with E-state index in [4.69, 9.17) is 9.47 Å². The number of hydrogen-bond acceptors (Lipinski definition) is 5. The van der Waals surface area contributed by atoms with E-state index in [0.29, 0.717) is 30.3 Å². The van der Waals surface area contributed by atoms with Gasteiger partial charge in [0.1, 0.15) is 0 Å². The molecule has 0 unspecified atom stereocenters. The Morgan fingerprint density at radius 1 is 0.966 bits per heavy atom. The number of sulfonamides is 1. The highest BCUT2D eigenvalue weighted by Crippen LogP contribution is 2.28. The van der Waals surface area contributed by atoms with Gasteiger partial charge in [-0.25, -0.2) is 4.83 Å². The van der Waals surface area contributed by atoms with Gasteiger partial charge < -0.3 is 9.47 Å². The van der Waals surface area contributed by atoms with Crippen LogP contribution in [0.4, 0.5) is 0 Å². The van der Waals surface area contributed by atoms with Crippen LogP contribution in [0.25, 0.3) is 0 Å². The maximum atomic E-state index is 12.4. The average molecular weight is 419 g/mol. The van der Waals surface area contributed by atoms with Crippen molar-refractivity contribution in [2.24, 2.45) is 5.10 Å². The maximum Gasteiger partial charge on any atom is 0.276 e. The summed E-state index contributed by atoms with van der Waals surface area (Å²) in [4.78, 5) is 2.44. The van der Waals surface area contributed by atoms with Gasteiger partial charge in [0.25, 0.3) is 10.0 Å². The maximum absolute atomic E-state index is 12.4. The molecule has 0 aliphatic carbocycles. The molecule has 2 aromatic rings. The SMILES string of the molecule is CCCCCOc1ccc(/C=N/NS(=O)(=O)c2ccc(C)c(C)c2)cc1OCC. The minimum absolute atomic E-state index is 0.184. The number of rotatable bonds is 11. The van der Waals surface area contributed by atoms with E-state index in [1.165, 1.54) is 6.21 Å². The summed E-state index contributed by atoms with van der Waals surface area (Å²) in [6.07, 6.45) is 4.69. The quantitative estimate of drug-likeness (QED) is 0.329. The Bertz CT molecular complexity index is 940. The summed E-state index contributed by atoms with van der Waals surface area (Å²) in [7, 11) is -3.72. The van der Waals surface area contributed by atoms with Gasteiger partial charge in [0.15, 0.2) is 11.5 Å². The first kappa shape index (κ1) is 22.7. The number of aryl methyl sites for hydroxylation is 2. The molecule has 0 fully saturated rings. The molecule has 0 aliphatic rings. The van der Waals surface area contributed by atoms with E-state index in [1.807, 2.05) is 32.9 Å². The molecule has 0 spiro atoms. The van der Waals surface area contributed by atoms with E-state index in [-0.39, 0.29) is 4.90 Å². The van der Waals surface area contributed by atoms with Crippen molar-refractivity contribution in [1.29, 1.82) is 0 Å². The van der Waals surface area contributed by atoms with Crippen LogP contribution in [-0.2, 0) is 10.0 Å². The number of nitrogens with one attached hydrogen (secondary N) is 1. The molecule has 2 rings (SSSR count). The molecule has 0 heterocycles. The van der Waals surface area contributed by atoms with Gasteiger partial charge in [-0.3, -0.25) is 0 Å². The van der Waals surface area contributed by atoms with Crippen molar-refractivity contribution >= 4 is 16.2 Å². The molecule has 0 amide bonds. The number of unbranched alkanes of at least 4 members (excludes halogenated alkanes) is 2. The third-order valence-corrected chi connectivity index (χ3v) is 5.67. The van der Waals surface area contributed by atoms with Gasteiger partial charge in [-0.1, -0.05) is 25.8 Å². The molecule has 7 heteroatoms. The van der Waals surface area contributed by atoms with Crippen LogP contribution in [0.1, 0.15) is 49.8 Å². The van der Waals surface area contributed by atoms with Crippen molar-refractivity contribution in [1.82, 2.24) is 4.83 Å². The van der Waals surface area contributed by atoms with Gasteiger partial charge in [-0.2, -0.15) is 13.5 Å². The smallest absolute Gasteiger partial charge is 0.276 e. The first-order chi connectivity index (χ1) is 13.9. The molecule has 0 atom stereocenters. The summed E-state index contributed by atoms with van der Waals surface area (Å²) in [6.45, 7) is 9.00. The molecule has 6 nitrogen and oxygen atoms in total. The van der Waals surface area contributed by atoms with Crippen LogP contribution in [0.15, 0.2) is 46.4 Å². The highest BCUT2D eigenvalue weighted by molar-refractivity contribution is 7.89. The zero-order valence-corrected chi connectivity index (χ0v) is 18.4. The largest absolute Gasteiger partial charge is 0.490 e. The number of nitrogens with zero attached hydrogens (tertiary/aromatic N) is 1. The zero-order chi connectivity index (χ0) is 21.3. The molecule has 158 valence electrons. The summed E-state index contributed by atoms with van der Waals surface area (Å²) >= 11 is 0. The lowest BCUT2D eigenvalue weighted by atomic mass is 10.1. The normalized spacial score (nSPS) is 11.6. The van der Waals surface area contributed by atoms with Crippen LogP contribution in [0.5, 0.6) is 11.5 Å². The Labute approximate surface area is 174 Å². The van der Waals surface area contributed by atoms with Crippen molar-refractivity contribution in [2.75, 3.05) is 13.2 Å². The van der Waals surface area contributed by atoms with Crippen LogP contribution >= 0.6 is 0 Å². The Hall–Kier alpha value is -2.54. The first-order valence-electron chi connectivity index (χ1n) is 9.89. The van der Waals surface area contributed by atoms with Gasteiger partial charge in [0, 0.05) is 0 Å². The van der Waals surface area contributed by atoms with Gasteiger partial charge in [0.05, 0.1) is 24.3 Å². The van der Waals surface area contributed by atoms with E-state index in [0.717, 1.165) is 30.4 Å². The minimum Gasteiger partial charge on any atom is -0.490 e. The van der Waals surface area contributed by atoms with E-state index in [2.05, 4.69) is 16.9 Å². The third kappa shape index (κ3) is 6.78. The summed E-state index contributed by atoms with van der Waals surface area (Å²) < 4.78 is 36.3. The Balaban J connectivity index is 2.08. The fourth-order valence-corrected chi connectivity index (χ4v) is 3.51. The summed E-state index contributed by atoms with van der Waals surface area (Å²) in [5.41, 5.74) is 2.65. The molecule has 0 saturated carbocycles. The van der Waals surface area contributed by atoms with Crippen LogP contribution < -0.4 is 14.3 Å². The lowest BCUT2D eigenvalue weighted by molar-refractivity contribution is 0.271. The van der Waals surface area contributed by atoms with Gasteiger partial charge in [0.2, 0.25) is 0 Å². The minimum atomic E-state index is -3.72. The first-order valence-corrected chi connectivity index (χ1v) is 11.4. The molecule has 29 heavy (non-hydrogen) atoms. The molecule has 0 aromatic heterocycles. The number of hydrogen-bond donors (Lipinski definition) is 1. The molecular weight excluding hydrogens is 388 g/mol. The summed E-state index contributed by atoms with van der Waals surface area (Å²) in [5, 5.41) is 3.90. The van der Waals surface area contributed by atoms with Crippen LogP contribution in [0.3, 0.4) is 0 Å². The number of hydrazone groups is 1. The standard InChI is InChI=1S/C22H30N2O4S/c1-5-7-8-13-28-21-12-10-19(15-22(21)27-6-2)16-23-24-29(25,26)20-11-9-17(3)18(4)14-20/h9-12,14-16,24H,5-8,13H2,1-4H3/b23-16+. The molecular formula is C22H30N2O4S. The third-order valence-electron chi connectivity index (χ3n) is 4.45. The van der Waals surface area contributed by atoms with E-state index >= 15 is 0 Å². The highest BCUT2D eigenvalue weighted by Gasteiger charge is 2.13. The van der Waals surface area contributed by atoms with Crippen LogP contribution in [0, 0.1) is 13.8 Å².